The molecule has 4 heterocycles. The quantitative estimate of drug-likeness (QED) is 0.0802. The fourth-order valence-electron chi connectivity index (χ4n) is 3.38. The van der Waals surface area contributed by atoms with E-state index in [-0.39, 0.29) is 38.9 Å². The van der Waals surface area contributed by atoms with Gasteiger partial charge in [0.1, 0.15) is 29.9 Å². The first-order chi connectivity index (χ1) is 17.5. The average molecular weight is 592 g/mol. The summed E-state index contributed by atoms with van der Waals surface area (Å²) in [4.78, 5) is 47.6. The second-order valence-corrected chi connectivity index (χ2v) is 11.6. The molecule has 21 heteroatoms. The molecule has 1 saturated heterocycles. The molecule has 2 aliphatic rings. The van der Waals surface area contributed by atoms with E-state index < -0.39 is 45.2 Å². The maximum absolute atomic E-state index is 12.9. The van der Waals surface area contributed by atoms with Crippen LogP contribution in [0, 0.1) is 0 Å². The minimum atomic E-state index is -4.41. The summed E-state index contributed by atoms with van der Waals surface area (Å²) in [6.45, 7) is 0. The number of nitrogens with zero attached hydrogens (tertiary/aromatic N) is 7. The number of nitrogen functional groups attached to an aromatic ring is 1. The van der Waals surface area contributed by atoms with Crippen LogP contribution in [0.4, 0.5) is 5.13 Å². The summed E-state index contributed by atoms with van der Waals surface area (Å²) in [7, 11) is -3.17. The number of β-lactam (4-membered cyclic amide) rings is 1. The number of carboxylic acid groups (broad SMARTS) is 1. The third-order valence-corrected chi connectivity index (χ3v) is 8.49. The zero-order chi connectivity index (χ0) is 26.9. The van der Waals surface area contributed by atoms with E-state index in [2.05, 4.69) is 31.0 Å². The van der Waals surface area contributed by atoms with Crippen LogP contribution in [0.1, 0.15) is 5.69 Å². The molecule has 2 aromatic heterocycles. The normalized spacial score (nSPS) is 19.9. The summed E-state index contributed by atoms with van der Waals surface area (Å²) >= 11 is 3.25. The van der Waals surface area contributed by atoms with Gasteiger partial charge in [-0.25, -0.2) is 14.5 Å². The number of thioether (sulfide) groups is 2. The molecule has 0 spiro atoms. The predicted octanol–water partition coefficient (Wildman–Crippen LogP) is -1.56. The van der Waals surface area contributed by atoms with E-state index in [9.17, 15) is 27.9 Å². The van der Waals surface area contributed by atoms with Gasteiger partial charge in [-0.3, -0.25) is 19.0 Å². The molecule has 198 valence electrons. The maximum Gasteiger partial charge on any atom is 0.352 e. The van der Waals surface area contributed by atoms with Gasteiger partial charge in [-0.2, -0.15) is 8.42 Å². The number of nitrogens with two attached hydrogens (primary N) is 1. The van der Waals surface area contributed by atoms with Crippen LogP contribution in [0.5, 0.6) is 0 Å². The standard InChI is InChI=1S/C16H17N9O8S4/c1-33-21-8(7-4-35-15(17)18-7)11(26)19-9-12(27)25-10(14(28)29)6(2-34-13(9)25)3-36-16-20-22-23-24(16)5-37(30,31)32/h4,9,13H,2-3,5H2,1H3,(H2,17,18)(H,19,26)(H,28,29)(H,30,31,32)/t9?,13-/m0/s1. The van der Waals surface area contributed by atoms with Crippen molar-refractivity contribution in [1.29, 1.82) is 0 Å². The van der Waals surface area contributed by atoms with E-state index in [1.807, 2.05) is 0 Å². The van der Waals surface area contributed by atoms with Crippen molar-refractivity contribution in [2.45, 2.75) is 22.4 Å². The molecule has 37 heavy (non-hydrogen) atoms. The minimum Gasteiger partial charge on any atom is -0.477 e. The van der Waals surface area contributed by atoms with Crippen LogP contribution in [0.2, 0.25) is 0 Å². The first kappa shape index (κ1) is 26.8. The highest BCUT2D eigenvalue weighted by Crippen LogP contribution is 2.41. The number of carbonyl (C=O) groups is 3. The number of oxime groups is 1. The van der Waals surface area contributed by atoms with Crippen molar-refractivity contribution in [1.82, 2.24) is 35.4 Å². The zero-order valence-corrected chi connectivity index (χ0v) is 21.8. The first-order valence-electron chi connectivity index (χ1n) is 9.87. The number of nitrogens with one attached hydrogen (secondary N) is 1. The van der Waals surface area contributed by atoms with Crippen molar-refractivity contribution >= 4 is 73.6 Å². The van der Waals surface area contributed by atoms with Crippen LogP contribution in [0.25, 0.3) is 0 Å². The number of hydrogen-bond acceptors (Lipinski definition) is 15. The van der Waals surface area contributed by atoms with Gasteiger partial charge in [0.25, 0.3) is 21.9 Å². The number of aliphatic carboxylic acids is 1. The largest absolute Gasteiger partial charge is 0.477 e. The highest BCUT2D eigenvalue weighted by Gasteiger charge is 2.54. The van der Waals surface area contributed by atoms with E-state index in [1.165, 1.54) is 24.3 Å². The second-order valence-electron chi connectivity index (χ2n) is 7.27. The Morgan fingerprint density at radius 2 is 2.19 bits per heavy atom. The first-order valence-corrected chi connectivity index (χ1v) is 14.4. The van der Waals surface area contributed by atoms with Gasteiger partial charge < -0.3 is 21.0 Å². The lowest BCUT2D eigenvalue weighted by Crippen LogP contribution is -2.71. The molecule has 5 N–H and O–H groups in total. The molecule has 0 aromatic carbocycles. The summed E-state index contributed by atoms with van der Waals surface area (Å²) in [5.41, 5.74) is 5.68. The highest BCUT2D eigenvalue weighted by atomic mass is 32.2. The molecule has 1 unspecified atom stereocenters. The van der Waals surface area contributed by atoms with Crippen molar-refractivity contribution in [3.05, 3.63) is 22.3 Å². The molecule has 0 bridgehead atoms. The lowest BCUT2D eigenvalue weighted by Gasteiger charge is -2.49. The van der Waals surface area contributed by atoms with Crippen LogP contribution in [-0.4, -0.2) is 102 Å². The topological polar surface area (TPSA) is 245 Å². The predicted molar refractivity (Wildman–Crippen MR) is 130 cm³/mol. The Kier molecular flexibility index (Phi) is 7.68. The van der Waals surface area contributed by atoms with Crippen molar-refractivity contribution in [3.63, 3.8) is 0 Å². The van der Waals surface area contributed by atoms with Gasteiger partial charge in [0.15, 0.2) is 16.7 Å². The lowest BCUT2D eigenvalue weighted by molar-refractivity contribution is -0.150. The number of tetrazole rings is 1. The van der Waals surface area contributed by atoms with Crippen LogP contribution >= 0.6 is 34.9 Å². The summed E-state index contributed by atoms with van der Waals surface area (Å²) < 4.78 is 32.1. The van der Waals surface area contributed by atoms with Crippen molar-refractivity contribution in [2.24, 2.45) is 5.16 Å². The molecular formula is C16H17N9O8S4. The van der Waals surface area contributed by atoms with Crippen molar-refractivity contribution < 1.29 is 37.3 Å². The molecule has 0 radical (unpaired) electrons. The summed E-state index contributed by atoms with van der Waals surface area (Å²) in [6.07, 6.45) is 0. The van der Waals surface area contributed by atoms with E-state index in [0.29, 0.717) is 5.57 Å². The van der Waals surface area contributed by atoms with E-state index in [1.54, 1.807) is 0 Å². The number of carbonyl (C=O) groups excluding carboxylic acids is 2. The Hall–Kier alpha value is -3.27. The molecule has 1 fully saturated rings. The van der Waals surface area contributed by atoms with Gasteiger partial charge in [-0.1, -0.05) is 16.9 Å². The van der Waals surface area contributed by atoms with Gasteiger partial charge in [0.05, 0.1) is 0 Å². The molecule has 4 rings (SSSR count). The number of hydrogen-bond donors (Lipinski definition) is 4. The Morgan fingerprint density at radius 3 is 2.81 bits per heavy atom. The molecule has 0 saturated carbocycles. The summed E-state index contributed by atoms with van der Waals surface area (Å²) in [5, 5.41) is 27.6. The minimum absolute atomic E-state index is 0.0178. The van der Waals surface area contributed by atoms with Crippen LogP contribution < -0.4 is 11.1 Å². The maximum atomic E-state index is 12.9. The van der Waals surface area contributed by atoms with Crippen LogP contribution in [0.15, 0.2) is 27.0 Å². The lowest BCUT2D eigenvalue weighted by atomic mass is 10.0. The SMILES string of the molecule is CON=C(C(=O)NC1C(=O)N2C(C(=O)O)=C(CSc3nnnn3CS(=O)(=O)O)CS[C@@H]12)c1csc(N)n1. The zero-order valence-electron chi connectivity index (χ0n) is 18.5. The van der Waals surface area contributed by atoms with Gasteiger partial charge in [-0.05, 0) is 16.0 Å². The number of anilines is 1. The third-order valence-electron chi connectivity index (χ3n) is 4.86. The van der Waals surface area contributed by atoms with E-state index in [0.717, 1.165) is 32.7 Å². The molecule has 2 aromatic rings. The van der Waals surface area contributed by atoms with Gasteiger partial charge >= 0.3 is 5.97 Å². The molecule has 2 aliphatic heterocycles. The Morgan fingerprint density at radius 1 is 1.43 bits per heavy atom. The number of rotatable bonds is 10. The number of fused-ring (bicyclic) bond motifs is 1. The van der Waals surface area contributed by atoms with E-state index >= 15 is 0 Å². The molecule has 17 nitrogen and oxygen atoms in total. The summed E-state index contributed by atoms with van der Waals surface area (Å²) in [5.74, 6) is -3.41. The van der Waals surface area contributed by atoms with Crippen LogP contribution in [-0.2, 0) is 35.2 Å². The fourth-order valence-corrected chi connectivity index (χ4v) is 6.86. The van der Waals surface area contributed by atoms with Gasteiger partial charge in [-0.15, -0.1) is 28.2 Å². The van der Waals surface area contributed by atoms with Crippen LogP contribution in [0.3, 0.4) is 0 Å². The molecule has 2 atom stereocenters. The van der Waals surface area contributed by atoms with Gasteiger partial charge in [0, 0.05) is 16.9 Å². The smallest absolute Gasteiger partial charge is 0.352 e. The molecular weight excluding hydrogens is 574 g/mol. The monoisotopic (exact) mass is 591 g/mol. The third kappa shape index (κ3) is 5.69. The number of aromatic nitrogens is 5. The van der Waals surface area contributed by atoms with Crippen molar-refractivity contribution in [3.8, 4) is 0 Å². The second kappa shape index (κ2) is 10.6. The Labute approximate surface area is 220 Å². The Bertz CT molecular complexity index is 1420. The number of thiazole rings is 1. The van der Waals surface area contributed by atoms with Crippen molar-refractivity contribution in [2.75, 3.05) is 24.3 Å². The fraction of sp³-hybridized carbons (Fsp3) is 0.375. The number of amides is 2. The average Bonchev–Trinajstić information content (AvgIpc) is 3.45. The molecule has 2 amide bonds. The van der Waals surface area contributed by atoms with E-state index in [4.69, 9.17) is 15.1 Å². The van der Waals surface area contributed by atoms with Gasteiger partial charge in [0.2, 0.25) is 5.16 Å². The molecule has 0 aliphatic carbocycles. The highest BCUT2D eigenvalue weighted by molar-refractivity contribution is 8.01. The number of carboxylic acids is 1. The summed E-state index contributed by atoms with van der Waals surface area (Å²) in [6, 6.07) is -1.03. The Balaban J connectivity index is 1.48.